The number of anilines is 3. The highest BCUT2D eigenvalue weighted by atomic mass is 16.5. The third-order valence-electron chi connectivity index (χ3n) is 5.93. The summed E-state index contributed by atoms with van der Waals surface area (Å²) in [6.45, 7) is 10.9. The summed E-state index contributed by atoms with van der Waals surface area (Å²) in [5.74, 6) is 1.46. The zero-order valence-electron chi connectivity index (χ0n) is 19.2. The average molecular weight is 435 g/mol. The van der Waals surface area contributed by atoms with E-state index in [1.165, 1.54) is 5.69 Å². The van der Waals surface area contributed by atoms with Gasteiger partial charge in [0.05, 0.1) is 24.0 Å². The Morgan fingerprint density at radius 2 is 1.94 bits per heavy atom. The molecular formula is C23H30N8O. The Morgan fingerprint density at radius 3 is 2.69 bits per heavy atom. The Labute approximate surface area is 187 Å². The highest BCUT2D eigenvalue weighted by Crippen LogP contribution is 2.32. The van der Waals surface area contributed by atoms with Crippen LogP contribution in [0.5, 0.6) is 0 Å². The highest BCUT2D eigenvalue weighted by Gasteiger charge is 2.23. The number of methoxy groups -OCH3 is 1. The lowest BCUT2D eigenvalue weighted by Crippen LogP contribution is -2.54. The van der Waals surface area contributed by atoms with Crippen molar-refractivity contribution in [3.63, 3.8) is 0 Å². The number of H-pyrrole nitrogens is 1. The normalized spacial score (nSPS) is 19.2. The lowest BCUT2D eigenvalue weighted by Gasteiger charge is -2.38. The van der Waals surface area contributed by atoms with E-state index in [0.717, 1.165) is 58.1 Å². The van der Waals surface area contributed by atoms with Crippen LogP contribution in [0.3, 0.4) is 0 Å². The molecule has 3 aromatic heterocycles. The molecule has 1 aliphatic heterocycles. The van der Waals surface area contributed by atoms with Crippen LogP contribution in [-0.4, -0.2) is 57.1 Å². The standard InChI is InChI=1S/C23H30N8O/c1-13-6-20(29-31-11-16(4)25-23(13)31)26-22-21-17(12-32-5)7-18(8-19(21)27-28-22)30-9-14(2)24-15(3)10-30/h6-8,11,14-15,24H,9-10,12H2,1-5H3,(H2,26,27,28,29). The number of ether oxygens (including phenoxy) is 1. The predicted molar refractivity (Wildman–Crippen MR) is 127 cm³/mol. The minimum Gasteiger partial charge on any atom is -0.380 e. The predicted octanol–water partition coefficient (Wildman–Crippen LogP) is 3.30. The van der Waals surface area contributed by atoms with Crippen molar-refractivity contribution >= 4 is 33.9 Å². The van der Waals surface area contributed by atoms with Gasteiger partial charge in [-0.2, -0.15) is 5.10 Å². The zero-order chi connectivity index (χ0) is 22.4. The van der Waals surface area contributed by atoms with E-state index in [1.54, 1.807) is 7.11 Å². The summed E-state index contributed by atoms with van der Waals surface area (Å²) in [6.07, 6.45) is 1.92. The molecule has 0 amide bonds. The maximum Gasteiger partial charge on any atom is 0.161 e. The van der Waals surface area contributed by atoms with Gasteiger partial charge in [0.25, 0.3) is 0 Å². The number of fused-ring (bicyclic) bond motifs is 2. The van der Waals surface area contributed by atoms with Gasteiger partial charge < -0.3 is 20.3 Å². The van der Waals surface area contributed by atoms with Gasteiger partial charge in [-0.05, 0) is 57.0 Å². The van der Waals surface area contributed by atoms with Crippen LogP contribution in [0.25, 0.3) is 16.6 Å². The molecule has 1 aromatic carbocycles. The first kappa shape index (κ1) is 20.7. The Balaban J connectivity index is 1.53. The summed E-state index contributed by atoms with van der Waals surface area (Å²) in [7, 11) is 1.72. The molecule has 0 spiro atoms. The number of piperazine rings is 1. The fourth-order valence-electron chi connectivity index (χ4n) is 4.73. The number of hydrogen-bond donors (Lipinski definition) is 3. The van der Waals surface area contributed by atoms with Gasteiger partial charge >= 0.3 is 0 Å². The van der Waals surface area contributed by atoms with Crippen LogP contribution in [0, 0.1) is 13.8 Å². The van der Waals surface area contributed by atoms with Crippen LogP contribution in [0.15, 0.2) is 24.4 Å². The molecule has 0 saturated carbocycles. The number of nitrogens with one attached hydrogen (secondary N) is 3. The molecule has 1 aliphatic rings. The summed E-state index contributed by atoms with van der Waals surface area (Å²) >= 11 is 0. The fourth-order valence-corrected chi connectivity index (χ4v) is 4.73. The number of aromatic nitrogens is 5. The van der Waals surface area contributed by atoms with E-state index in [9.17, 15) is 0 Å². The molecule has 2 unspecified atom stereocenters. The summed E-state index contributed by atoms with van der Waals surface area (Å²) in [4.78, 5) is 6.96. The first-order valence-electron chi connectivity index (χ1n) is 11.0. The molecule has 4 heterocycles. The van der Waals surface area contributed by atoms with Crippen molar-refractivity contribution in [3.8, 4) is 0 Å². The number of hydrogen-bond acceptors (Lipinski definition) is 7. The maximum absolute atomic E-state index is 5.55. The second kappa shape index (κ2) is 8.07. The first-order valence-corrected chi connectivity index (χ1v) is 11.0. The molecule has 9 nitrogen and oxygen atoms in total. The summed E-state index contributed by atoms with van der Waals surface area (Å²) < 4.78 is 7.35. The van der Waals surface area contributed by atoms with E-state index in [1.807, 2.05) is 30.6 Å². The van der Waals surface area contributed by atoms with Crippen molar-refractivity contribution in [2.45, 2.75) is 46.4 Å². The second-order valence-corrected chi connectivity index (χ2v) is 8.89. The van der Waals surface area contributed by atoms with E-state index < -0.39 is 0 Å². The first-order chi connectivity index (χ1) is 15.4. The molecule has 0 bridgehead atoms. The maximum atomic E-state index is 5.55. The van der Waals surface area contributed by atoms with E-state index in [4.69, 9.17) is 4.74 Å². The molecule has 32 heavy (non-hydrogen) atoms. The van der Waals surface area contributed by atoms with Crippen LogP contribution in [0.1, 0.15) is 30.7 Å². The van der Waals surface area contributed by atoms with E-state index in [0.29, 0.717) is 18.7 Å². The lowest BCUT2D eigenvalue weighted by atomic mass is 10.1. The van der Waals surface area contributed by atoms with Crippen LogP contribution < -0.4 is 15.5 Å². The molecule has 9 heteroatoms. The van der Waals surface area contributed by atoms with Gasteiger partial charge in [-0.3, -0.25) is 5.10 Å². The monoisotopic (exact) mass is 434 g/mol. The summed E-state index contributed by atoms with van der Waals surface area (Å²) in [6, 6.07) is 7.28. The number of benzene rings is 1. The largest absolute Gasteiger partial charge is 0.380 e. The molecule has 0 radical (unpaired) electrons. The quantitative estimate of drug-likeness (QED) is 0.444. The van der Waals surface area contributed by atoms with E-state index in [2.05, 4.69) is 61.8 Å². The van der Waals surface area contributed by atoms with Crippen LogP contribution in [0.4, 0.5) is 17.3 Å². The fraction of sp³-hybridized carbons (Fsp3) is 0.435. The zero-order valence-corrected chi connectivity index (χ0v) is 19.2. The number of nitrogens with zero attached hydrogens (tertiary/aromatic N) is 5. The van der Waals surface area contributed by atoms with Gasteiger partial charge in [0, 0.05) is 43.4 Å². The van der Waals surface area contributed by atoms with Crippen molar-refractivity contribution in [1.82, 2.24) is 30.1 Å². The number of aromatic amines is 1. The van der Waals surface area contributed by atoms with Crippen LogP contribution in [-0.2, 0) is 11.3 Å². The molecule has 3 N–H and O–H groups in total. The number of aryl methyl sites for hydroxylation is 2. The Kier molecular flexibility index (Phi) is 5.22. The summed E-state index contributed by atoms with van der Waals surface area (Å²) in [5, 5.41) is 20.5. The molecule has 0 aliphatic carbocycles. The Morgan fingerprint density at radius 1 is 1.16 bits per heavy atom. The molecule has 1 fully saturated rings. The van der Waals surface area contributed by atoms with Crippen LogP contribution in [0.2, 0.25) is 0 Å². The highest BCUT2D eigenvalue weighted by molar-refractivity contribution is 5.96. The van der Waals surface area contributed by atoms with Crippen molar-refractivity contribution in [1.29, 1.82) is 0 Å². The molecule has 168 valence electrons. The summed E-state index contributed by atoms with van der Waals surface area (Å²) in [5.41, 5.74) is 6.11. The van der Waals surface area contributed by atoms with Gasteiger partial charge in [-0.1, -0.05) is 0 Å². The molecule has 4 aromatic rings. The van der Waals surface area contributed by atoms with Gasteiger partial charge in [0.2, 0.25) is 0 Å². The molecular weight excluding hydrogens is 404 g/mol. The minimum atomic E-state index is 0.440. The van der Waals surface area contributed by atoms with Crippen molar-refractivity contribution in [2.24, 2.45) is 0 Å². The van der Waals surface area contributed by atoms with Crippen molar-refractivity contribution in [2.75, 3.05) is 30.4 Å². The average Bonchev–Trinajstić information content (AvgIpc) is 3.31. The second-order valence-electron chi connectivity index (χ2n) is 8.89. The van der Waals surface area contributed by atoms with E-state index in [-0.39, 0.29) is 0 Å². The third kappa shape index (κ3) is 3.78. The smallest absolute Gasteiger partial charge is 0.161 e. The topological polar surface area (TPSA) is 95.4 Å². The number of imidazole rings is 1. The van der Waals surface area contributed by atoms with Crippen LogP contribution >= 0.6 is 0 Å². The van der Waals surface area contributed by atoms with E-state index >= 15 is 0 Å². The third-order valence-corrected chi connectivity index (χ3v) is 5.93. The van der Waals surface area contributed by atoms with Gasteiger partial charge in [0.1, 0.15) is 0 Å². The Bertz CT molecular complexity index is 1270. The lowest BCUT2D eigenvalue weighted by molar-refractivity contribution is 0.186. The SMILES string of the molecule is COCc1cc(N2CC(C)NC(C)C2)cc2[nH]nc(Nc3cc(C)c4nc(C)cn4n3)c12. The van der Waals surface area contributed by atoms with Gasteiger partial charge in [-0.25, -0.2) is 9.50 Å². The molecule has 2 atom stereocenters. The van der Waals surface area contributed by atoms with Crippen molar-refractivity contribution < 1.29 is 4.74 Å². The minimum absolute atomic E-state index is 0.440. The molecule has 5 rings (SSSR count). The molecule has 1 saturated heterocycles. The van der Waals surface area contributed by atoms with Gasteiger partial charge in [0.15, 0.2) is 17.3 Å². The number of rotatable bonds is 5. The Hall–Kier alpha value is -3.17. The van der Waals surface area contributed by atoms with Crippen molar-refractivity contribution in [3.05, 3.63) is 41.2 Å². The van der Waals surface area contributed by atoms with Gasteiger partial charge in [-0.15, -0.1) is 5.10 Å².